The molecule has 1 atom stereocenters. The molecule has 0 spiro atoms. The molecular formula is C12H16O. The molecule has 0 N–H and O–H groups in total. The predicted octanol–water partition coefficient (Wildman–Crippen LogP) is 2.58. The third kappa shape index (κ3) is 2.56. The Morgan fingerprint density at radius 2 is 1.85 bits per heavy atom. The highest BCUT2D eigenvalue weighted by atomic mass is 16.6. The number of aryl methyl sites for hydroxylation is 1. The molecule has 0 saturated carbocycles. The number of epoxide rings is 1. The van der Waals surface area contributed by atoms with Crippen LogP contribution in [0.15, 0.2) is 24.3 Å². The highest BCUT2D eigenvalue weighted by molar-refractivity contribution is 5.23. The van der Waals surface area contributed by atoms with Gasteiger partial charge in [0.25, 0.3) is 0 Å². The fourth-order valence-electron chi connectivity index (χ4n) is 1.58. The maximum absolute atomic E-state index is 5.19. The minimum Gasteiger partial charge on any atom is -0.373 e. The van der Waals surface area contributed by atoms with Crippen LogP contribution >= 0.6 is 0 Å². The standard InChI is InChI=1S/C12H16O/c1-2-3-10-4-6-11(7-5-10)8-12-9-13-12/h4-7,12H,2-3,8-9H2,1H3. The Hall–Kier alpha value is -0.820. The summed E-state index contributed by atoms with van der Waals surface area (Å²) in [6.45, 7) is 3.17. The maximum Gasteiger partial charge on any atom is 0.0850 e. The fourth-order valence-corrected chi connectivity index (χ4v) is 1.58. The van der Waals surface area contributed by atoms with Gasteiger partial charge in [-0.25, -0.2) is 0 Å². The van der Waals surface area contributed by atoms with Gasteiger partial charge >= 0.3 is 0 Å². The van der Waals surface area contributed by atoms with Crippen molar-refractivity contribution in [2.24, 2.45) is 0 Å². The van der Waals surface area contributed by atoms with E-state index in [9.17, 15) is 0 Å². The average Bonchev–Trinajstić information content (AvgIpc) is 2.93. The zero-order valence-corrected chi connectivity index (χ0v) is 8.12. The van der Waals surface area contributed by atoms with Gasteiger partial charge < -0.3 is 4.74 Å². The van der Waals surface area contributed by atoms with Crippen LogP contribution < -0.4 is 0 Å². The molecule has 13 heavy (non-hydrogen) atoms. The summed E-state index contributed by atoms with van der Waals surface area (Å²) in [6.07, 6.45) is 4.02. The van der Waals surface area contributed by atoms with Crippen LogP contribution in [0.2, 0.25) is 0 Å². The second kappa shape index (κ2) is 3.93. The van der Waals surface area contributed by atoms with E-state index in [1.165, 1.54) is 24.0 Å². The molecule has 0 aliphatic carbocycles. The number of rotatable bonds is 4. The van der Waals surface area contributed by atoms with E-state index in [2.05, 4.69) is 31.2 Å². The largest absolute Gasteiger partial charge is 0.373 e. The highest BCUT2D eigenvalue weighted by Gasteiger charge is 2.22. The minimum atomic E-state index is 0.511. The van der Waals surface area contributed by atoms with Crippen LogP contribution in [0, 0.1) is 0 Å². The molecule has 2 rings (SSSR count). The summed E-state index contributed by atoms with van der Waals surface area (Å²) in [5.74, 6) is 0. The second-order valence-corrected chi connectivity index (χ2v) is 3.73. The SMILES string of the molecule is CCCc1ccc(CC2CO2)cc1. The fraction of sp³-hybridized carbons (Fsp3) is 0.500. The third-order valence-corrected chi connectivity index (χ3v) is 2.43. The lowest BCUT2D eigenvalue weighted by molar-refractivity contribution is 0.407. The zero-order chi connectivity index (χ0) is 9.10. The molecular weight excluding hydrogens is 160 g/mol. The molecule has 1 saturated heterocycles. The van der Waals surface area contributed by atoms with Crippen molar-refractivity contribution < 1.29 is 4.74 Å². The molecule has 1 heteroatoms. The predicted molar refractivity (Wildman–Crippen MR) is 53.9 cm³/mol. The molecule has 0 amide bonds. The van der Waals surface area contributed by atoms with Gasteiger partial charge in [-0.2, -0.15) is 0 Å². The molecule has 70 valence electrons. The van der Waals surface area contributed by atoms with Crippen molar-refractivity contribution in [3.8, 4) is 0 Å². The number of hydrogen-bond donors (Lipinski definition) is 0. The first-order valence-electron chi connectivity index (χ1n) is 5.08. The summed E-state index contributed by atoms with van der Waals surface area (Å²) >= 11 is 0. The van der Waals surface area contributed by atoms with Crippen molar-refractivity contribution in [3.05, 3.63) is 35.4 Å². The van der Waals surface area contributed by atoms with E-state index in [1.807, 2.05) is 0 Å². The zero-order valence-electron chi connectivity index (χ0n) is 8.12. The highest BCUT2D eigenvalue weighted by Crippen LogP contribution is 2.16. The second-order valence-electron chi connectivity index (χ2n) is 3.73. The lowest BCUT2D eigenvalue weighted by Crippen LogP contribution is -1.93. The quantitative estimate of drug-likeness (QED) is 0.642. The lowest BCUT2D eigenvalue weighted by Gasteiger charge is -2.00. The normalized spacial score (nSPS) is 20.2. The first-order valence-corrected chi connectivity index (χ1v) is 5.08. The molecule has 0 bridgehead atoms. The average molecular weight is 176 g/mol. The summed E-state index contributed by atoms with van der Waals surface area (Å²) in [5, 5.41) is 0. The Morgan fingerprint density at radius 1 is 1.23 bits per heavy atom. The van der Waals surface area contributed by atoms with Crippen molar-refractivity contribution in [2.75, 3.05) is 6.61 Å². The monoisotopic (exact) mass is 176 g/mol. The van der Waals surface area contributed by atoms with Gasteiger partial charge in [0.1, 0.15) is 0 Å². The molecule has 1 unspecified atom stereocenters. The minimum absolute atomic E-state index is 0.511. The lowest BCUT2D eigenvalue weighted by atomic mass is 10.1. The summed E-state index contributed by atoms with van der Waals surface area (Å²) in [5.41, 5.74) is 2.85. The Balaban J connectivity index is 1.95. The van der Waals surface area contributed by atoms with Gasteiger partial charge in [-0.1, -0.05) is 37.6 Å². The van der Waals surface area contributed by atoms with Crippen LogP contribution in [-0.2, 0) is 17.6 Å². The van der Waals surface area contributed by atoms with Gasteiger partial charge in [-0.15, -0.1) is 0 Å². The van der Waals surface area contributed by atoms with Crippen LogP contribution in [0.3, 0.4) is 0 Å². The van der Waals surface area contributed by atoms with Crippen molar-refractivity contribution in [3.63, 3.8) is 0 Å². The number of hydrogen-bond acceptors (Lipinski definition) is 1. The van der Waals surface area contributed by atoms with E-state index in [-0.39, 0.29) is 0 Å². The Labute approximate surface area is 79.7 Å². The van der Waals surface area contributed by atoms with Crippen LogP contribution in [0.25, 0.3) is 0 Å². The first kappa shape index (κ1) is 8.76. The number of benzene rings is 1. The van der Waals surface area contributed by atoms with E-state index in [4.69, 9.17) is 4.74 Å². The molecule has 1 fully saturated rings. The van der Waals surface area contributed by atoms with Gasteiger partial charge in [0.2, 0.25) is 0 Å². The van der Waals surface area contributed by atoms with Gasteiger partial charge in [0.05, 0.1) is 12.7 Å². The van der Waals surface area contributed by atoms with Crippen LogP contribution in [0.5, 0.6) is 0 Å². The van der Waals surface area contributed by atoms with E-state index in [0.29, 0.717) is 6.10 Å². The van der Waals surface area contributed by atoms with Crippen molar-refractivity contribution in [1.29, 1.82) is 0 Å². The van der Waals surface area contributed by atoms with E-state index < -0.39 is 0 Å². The van der Waals surface area contributed by atoms with Gasteiger partial charge in [-0.05, 0) is 17.5 Å². The summed E-state index contributed by atoms with van der Waals surface area (Å²) in [7, 11) is 0. The Kier molecular flexibility index (Phi) is 2.65. The molecule has 1 aromatic carbocycles. The van der Waals surface area contributed by atoms with Crippen molar-refractivity contribution in [1.82, 2.24) is 0 Å². The third-order valence-electron chi connectivity index (χ3n) is 2.43. The molecule has 1 aromatic rings. The van der Waals surface area contributed by atoms with Crippen LogP contribution in [-0.4, -0.2) is 12.7 Å². The molecule has 1 aliphatic heterocycles. The van der Waals surface area contributed by atoms with Crippen molar-refractivity contribution >= 4 is 0 Å². The molecule has 1 heterocycles. The van der Waals surface area contributed by atoms with Gasteiger partial charge in [0.15, 0.2) is 0 Å². The van der Waals surface area contributed by atoms with E-state index >= 15 is 0 Å². The van der Waals surface area contributed by atoms with Gasteiger partial charge in [0, 0.05) is 6.42 Å². The van der Waals surface area contributed by atoms with E-state index in [1.54, 1.807) is 0 Å². The maximum atomic E-state index is 5.19. The summed E-state index contributed by atoms with van der Waals surface area (Å²) < 4.78 is 5.19. The van der Waals surface area contributed by atoms with Crippen molar-refractivity contribution in [2.45, 2.75) is 32.3 Å². The molecule has 0 aromatic heterocycles. The summed E-state index contributed by atoms with van der Waals surface area (Å²) in [6, 6.07) is 8.93. The molecule has 1 nitrogen and oxygen atoms in total. The van der Waals surface area contributed by atoms with Crippen LogP contribution in [0.4, 0.5) is 0 Å². The van der Waals surface area contributed by atoms with Gasteiger partial charge in [-0.3, -0.25) is 0 Å². The van der Waals surface area contributed by atoms with E-state index in [0.717, 1.165) is 13.0 Å². The summed E-state index contributed by atoms with van der Waals surface area (Å²) in [4.78, 5) is 0. The molecule has 1 aliphatic rings. The smallest absolute Gasteiger partial charge is 0.0850 e. The Morgan fingerprint density at radius 3 is 2.38 bits per heavy atom. The van der Waals surface area contributed by atoms with Crippen LogP contribution in [0.1, 0.15) is 24.5 Å². The topological polar surface area (TPSA) is 12.5 Å². The molecule has 0 radical (unpaired) electrons. The Bertz CT molecular complexity index is 259. The first-order chi connectivity index (χ1) is 6.38. The number of ether oxygens (including phenoxy) is 1.